The second-order valence-electron chi connectivity index (χ2n) is 16.8. The molecule has 0 bridgehead atoms. The van der Waals surface area contributed by atoms with Crippen LogP contribution in [0.4, 0.5) is 22.7 Å². The Labute approximate surface area is 348 Å². The molecule has 7 aromatic carbocycles. The average Bonchev–Trinajstić information content (AvgIpc) is 3.29. The fraction of sp³-hybridized carbons (Fsp3) is 0.107. The molecule has 2 heterocycles. The van der Waals surface area contributed by atoms with Crippen molar-refractivity contribution in [3.05, 3.63) is 224 Å². The van der Waals surface area contributed by atoms with Gasteiger partial charge >= 0.3 is 0 Å². The lowest BCUT2D eigenvalue weighted by Crippen LogP contribution is -2.68. The van der Waals surface area contributed by atoms with E-state index in [4.69, 9.17) is 0 Å². The third-order valence-electron chi connectivity index (χ3n) is 13.2. The van der Waals surface area contributed by atoms with E-state index in [0.717, 1.165) is 6.42 Å². The molecule has 0 radical (unpaired) electrons. The minimum absolute atomic E-state index is 0.0298. The molecule has 0 aromatic heterocycles. The largest absolute Gasteiger partial charge is 0.335 e. The van der Waals surface area contributed by atoms with E-state index in [1.165, 1.54) is 83.9 Å². The molecule has 0 N–H and O–H groups in total. The predicted molar refractivity (Wildman–Crippen MR) is 252 cm³/mol. The maximum Gasteiger partial charge on any atom is 0.229 e. The summed E-state index contributed by atoms with van der Waals surface area (Å²) < 4.78 is 0. The second-order valence-corrected chi connectivity index (χ2v) is 16.8. The maximum absolute atomic E-state index is 2.66. The number of hydrogen-bond donors (Lipinski definition) is 0. The Morgan fingerprint density at radius 2 is 0.983 bits per heavy atom. The SMILES string of the molecule is CC1C=CC=C(c2cc(-c3ccccc3)cc(N3c4ccccc4B4c5ccccc5N(c5cc(-c6ccccc6)cc(-c6ccccc6)c5)C5=CC=CC3C45C)c2)C1. The first-order valence-corrected chi connectivity index (χ1v) is 21.0. The molecule has 4 aliphatic rings. The van der Waals surface area contributed by atoms with Gasteiger partial charge in [-0.1, -0.05) is 172 Å². The molecule has 3 heteroatoms. The topological polar surface area (TPSA) is 6.48 Å². The fourth-order valence-electron chi connectivity index (χ4n) is 10.5. The van der Waals surface area contributed by atoms with Crippen LogP contribution >= 0.6 is 0 Å². The van der Waals surface area contributed by atoms with Gasteiger partial charge < -0.3 is 9.80 Å². The maximum atomic E-state index is 2.66. The van der Waals surface area contributed by atoms with Crippen LogP contribution < -0.4 is 20.7 Å². The molecule has 3 atom stereocenters. The molecule has 282 valence electrons. The number of nitrogens with zero attached hydrogens (tertiary/aromatic N) is 2. The van der Waals surface area contributed by atoms with Crippen LogP contribution in [0.1, 0.15) is 25.8 Å². The number of allylic oxidation sites excluding steroid dienone is 6. The smallest absolute Gasteiger partial charge is 0.229 e. The van der Waals surface area contributed by atoms with Gasteiger partial charge in [0.2, 0.25) is 6.71 Å². The Bertz CT molecular complexity index is 2800. The van der Waals surface area contributed by atoms with Gasteiger partial charge in [-0.25, -0.2) is 0 Å². The van der Waals surface area contributed by atoms with Crippen LogP contribution in [0.5, 0.6) is 0 Å². The molecule has 0 amide bonds. The highest BCUT2D eigenvalue weighted by molar-refractivity contribution is 6.91. The van der Waals surface area contributed by atoms with Crippen molar-refractivity contribution in [2.75, 3.05) is 9.80 Å². The summed E-state index contributed by atoms with van der Waals surface area (Å²) in [5, 5.41) is -0.336. The Hall–Kier alpha value is -6.84. The van der Waals surface area contributed by atoms with Gasteiger partial charge in [0, 0.05) is 33.8 Å². The van der Waals surface area contributed by atoms with Gasteiger partial charge in [-0.3, -0.25) is 0 Å². The number of benzene rings is 7. The summed E-state index contributed by atoms with van der Waals surface area (Å²) in [5.74, 6) is 0.499. The van der Waals surface area contributed by atoms with Gasteiger partial charge in [0.1, 0.15) is 0 Å². The first-order chi connectivity index (χ1) is 29.0. The summed E-state index contributed by atoms with van der Waals surface area (Å²) in [6, 6.07) is 65.4. The molecule has 0 fully saturated rings. The van der Waals surface area contributed by atoms with Crippen LogP contribution in [0, 0.1) is 5.92 Å². The zero-order valence-electron chi connectivity index (χ0n) is 33.5. The Balaban J connectivity index is 1.14. The summed E-state index contributed by atoms with van der Waals surface area (Å²) in [4.78, 5) is 5.25. The van der Waals surface area contributed by atoms with E-state index in [0.29, 0.717) is 5.92 Å². The number of anilines is 4. The van der Waals surface area contributed by atoms with E-state index in [2.05, 4.69) is 236 Å². The van der Waals surface area contributed by atoms with E-state index < -0.39 is 0 Å². The summed E-state index contributed by atoms with van der Waals surface area (Å²) >= 11 is 0. The molecule has 7 aromatic rings. The number of fused-ring (bicyclic) bond motifs is 4. The molecule has 0 spiro atoms. The molecule has 11 rings (SSSR count). The van der Waals surface area contributed by atoms with Crippen molar-refractivity contribution < 1.29 is 0 Å². The molecule has 2 aliphatic carbocycles. The Morgan fingerprint density at radius 1 is 0.492 bits per heavy atom. The Morgan fingerprint density at radius 3 is 1.59 bits per heavy atom. The third-order valence-corrected chi connectivity index (χ3v) is 13.2. The quantitative estimate of drug-likeness (QED) is 0.156. The standard InChI is InChI=1S/C56H45BN2/c1-39-18-16-25-43(32-39)47-34-46(42-23-10-5-11-24-42)37-49(38-47)59-53-29-15-13-27-51(53)57-50-26-12-14-28-52(50)58(54-30-17-31-55(59)56(54,57)2)48-35-44(40-19-6-3-7-20-40)33-45(36-48)41-21-8-4-9-22-41/h3-31,33-39,55H,32H2,1-2H3. The van der Waals surface area contributed by atoms with Crippen molar-refractivity contribution in [2.45, 2.75) is 31.6 Å². The third kappa shape index (κ3) is 5.87. The zero-order chi connectivity index (χ0) is 39.5. The van der Waals surface area contributed by atoms with E-state index in [1.807, 2.05) is 0 Å². The first-order valence-electron chi connectivity index (χ1n) is 21.0. The first kappa shape index (κ1) is 35.3. The van der Waals surface area contributed by atoms with E-state index >= 15 is 0 Å². The molecule has 2 nitrogen and oxygen atoms in total. The molecular weight excluding hydrogens is 711 g/mol. The van der Waals surface area contributed by atoms with Gasteiger partial charge in [-0.15, -0.1) is 0 Å². The minimum atomic E-state index is -0.336. The zero-order valence-corrected chi connectivity index (χ0v) is 33.5. The molecule has 0 saturated heterocycles. The van der Waals surface area contributed by atoms with Gasteiger partial charge in [-0.05, 0) is 122 Å². The van der Waals surface area contributed by atoms with Gasteiger partial charge in [0.05, 0.1) is 6.04 Å². The molecule has 0 saturated carbocycles. The van der Waals surface area contributed by atoms with Crippen LogP contribution in [0.25, 0.3) is 39.0 Å². The van der Waals surface area contributed by atoms with Gasteiger partial charge in [0.15, 0.2) is 0 Å². The van der Waals surface area contributed by atoms with Crippen LogP contribution in [0.15, 0.2) is 218 Å². The molecule has 2 aliphatic heterocycles. The van der Waals surface area contributed by atoms with Crippen molar-refractivity contribution >= 4 is 46.0 Å². The van der Waals surface area contributed by atoms with E-state index in [1.54, 1.807) is 0 Å². The highest BCUT2D eigenvalue weighted by Gasteiger charge is 2.59. The van der Waals surface area contributed by atoms with E-state index in [9.17, 15) is 0 Å². The second kappa shape index (κ2) is 14.2. The van der Waals surface area contributed by atoms with Gasteiger partial charge in [0.25, 0.3) is 0 Å². The summed E-state index contributed by atoms with van der Waals surface area (Å²) in [7, 11) is 0. The van der Waals surface area contributed by atoms with Crippen molar-refractivity contribution in [1.82, 2.24) is 0 Å². The molecule has 59 heavy (non-hydrogen) atoms. The minimum Gasteiger partial charge on any atom is -0.335 e. The number of hydrogen-bond acceptors (Lipinski definition) is 2. The van der Waals surface area contributed by atoms with Crippen molar-refractivity contribution in [2.24, 2.45) is 5.92 Å². The lowest BCUT2D eigenvalue weighted by molar-refractivity contribution is 0.571. The van der Waals surface area contributed by atoms with Crippen LogP contribution in [0.2, 0.25) is 5.31 Å². The summed E-state index contributed by atoms with van der Waals surface area (Å²) in [6.45, 7) is 4.98. The highest BCUT2D eigenvalue weighted by Crippen LogP contribution is 2.59. The van der Waals surface area contributed by atoms with Crippen LogP contribution in [-0.4, -0.2) is 12.8 Å². The summed E-state index contributed by atoms with van der Waals surface area (Å²) in [6.07, 6.45) is 15.1. The lowest BCUT2D eigenvalue weighted by atomic mass is 9.22. The predicted octanol–water partition coefficient (Wildman–Crippen LogP) is 13.2. The highest BCUT2D eigenvalue weighted by atomic mass is 15.2. The van der Waals surface area contributed by atoms with Gasteiger partial charge in [-0.2, -0.15) is 0 Å². The number of rotatable bonds is 6. The van der Waals surface area contributed by atoms with Crippen LogP contribution in [-0.2, 0) is 0 Å². The average molecular weight is 757 g/mol. The molecule has 3 unspecified atom stereocenters. The van der Waals surface area contributed by atoms with Crippen molar-refractivity contribution in [3.63, 3.8) is 0 Å². The lowest BCUT2D eigenvalue weighted by Gasteiger charge is -2.59. The number of para-hydroxylation sites is 2. The fourth-order valence-corrected chi connectivity index (χ4v) is 10.5. The van der Waals surface area contributed by atoms with Crippen LogP contribution in [0.3, 0.4) is 0 Å². The monoisotopic (exact) mass is 756 g/mol. The normalized spacial score (nSPS) is 20.0. The molecular formula is C56H45BN2. The van der Waals surface area contributed by atoms with Crippen molar-refractivity contribution in [1.29, 1.82) is 0 Å². The van der Waals surface area contributed by atoms with Crippen molar-refractivity contribution in [3.8, 4) is 33.4 Å². The summed E-state index contributed by atoms with van der Waals surface area (Å²) in [5.41, 5.74) is 18.9. The van der Waals surface area contributed by atoms with E-state index in [-0.39, 0.29) is 18.1 Å². The Kier molecular flexibility index (Phi) is 8.52.